The van der Waals surface area contributed by atoms with Gasteiger partial charge in [0.1, 0.15) is 0 Å². The lowest BCUT2D eigenvalue weighted by Crippen LogP contribution is -2.47. The van der Waals surface area contributed by atoms with Crippen molar-refractivity contribution in [3.8, 4) is 0 Å². The molecule has 0 radical (unpaired) electrons. The smallest absolute Gasteiger partial charge is 0.220 e. The van der Waals surface area contributed by atoms with Gasteiger partial charge in [-0.1, -0.05) is 30.3 Å². The normalized spacial score (nSPS) is 20.4. The van der Waals surface area contributed by atoms with Crippen LogP contribution >= 0.6 is 0 Å². The predicted octanol–water partition coefficient (Wildman–Crippen LogP) is 0.385. The highest BCUT2D eigenvalue weighted by molar-refractivity contribution is 7.88. The van der Waals surface area contributed by atoms with Crippen LogP contribution in [0, 0.1) is 0 Å². The highest BCUT2D eigenvalue weighted by atomic mass is 32.2. The van der Waals surface area contributed by atoms with E-state index in [2.05, 4.69) is 10.0 Å². The molecule has 0 bridgehead atoms. The van der Waals surface area contributed by atoms with Gasteiger partial charge in [-0.05, 0) is 12.0 Å². The van der Waals surface area contributed by atoms with E-state index in [0.717, 1.165) is 5.56 Å². The lowest BCUT2D eigenvalue weighted by molar-refractivity contribution is -0.122. The monoisotopic (exact) mass is 268 g/mol. The zero-order chi connectivity index (χ0) is 13.0. The Morgan fingerprint density at radius 3 is 2.61 bits per heavy atom. The summed E-state index contributed by atoms with van der Waals surface area (Å²) in [5.74, 6) is -0.0494. The van der Waals surface area contributed by atoms with Gasteiger partial charge in [0.2, 0.25) is 15.9 Å². The Kier molecular flexibility index (Phi) is 3.98. The van der Waals surface area contributed by atoms with Crippen LogP contribution in [-0.2, 0) is 20.6 Å². The summed E-state index contributed by atoms with van der Waals surface area (Å²) in [7, 11) is -3.35. The van der Waals surface area contributed by atoms with E-state index in [1.165, 1.54) is 0 Å². The molecule has 1 amide bonds. The fraction of sp³-hybridized carbons (Fsp3) is 0.417. The third-order valence-electron chi connectivity index (χ3n) is 2.81. The van der Waals surface area contributed by atoms with Gasteiger partial charge in [-0.2, -0.15) is 0 Å². The van der Waals surface area contributed by atoms with Crippen molar-refractivity contribution in [2.24, 2.45) is 0 Å². The van der Waals surface area contributed by atoms with E-state index in [1.807, 2.05) is 18.2 Å². The maximum Gasteiger partial charge on any atom is 0.220 e. The fourth-order valence-corrected chi connectivity index (χ4v) is 3.35. The molecule has 1 aliphatic rings. The highest BCUT2D eigenvalue weighted by Crippen LogP contribution is 2.08. The molecule has 1 unspecified atom stereocenters. The van der Waals surface area contributed by atoms with Gasteiger partial charge in [0, 0.05) is 19.0 Å². The third kappa shape index (κ3) is 3.82. The fourth-order valence-electron chi connectivity index (χ4n) is 1.92. The molecular formula is C12H16N2O3S. The number of hydrogen-bond acceptors (Lipinski definition) is 3. The Balaban J connectivity index is 1.93. The topological polar surface area (TPSA) is 75.3 Å². The number of amides is 1. The quantitative estimate of drug-likeness (QED) is 0.829. The summed E-state index contributed by atoms with van der Waals surface area (Å²) in [5, 5.41) is 2.65. The standard InChI is InChI=1S/C12H16N2O3S/c15-12-7-6-11(8-13-12)14-18(16,17)9-10-4-2-1-3-5-10/h1-5,11,14H,6-9H2,(H,13,15). The lowest BCUT2D eigenvalue weighted by atomic mass is 10.1. The molecule has 1 atom stereocenters. The average Bonchev–Trinajstić information content (AvgIpc) is 2.32. The number of carbonyl (C=O) groups is 1. The van der Waals surface area contributed by atoms with Gasteiger partial charge in [-0.25, -0.2) is 13.1 Å². The van der Waals surface area contributed by atoms with Gasteiger partial charge in [0.05, 0.1) is 5.75 Å². The Bertz CT molecular complexity index is 503. The first-order chi connectivity index (χ1) is 8.55. The molecule has 2 N–H and O–H groups in total. The number of rotatable bonds is 4. The molecular weight excluding hydrogens is 252 g/mol. The van der Waals surface area contributed by atoms with Crippen molar-refractivity contribution in [3.63, 3.8) is 0 Å². The van der Waals surface area contributed by atoms with Crippen LogP contribution in [0.2, 0.25) is 0 Å². The minimum atomic E-state index is -3.35. The Morgan fingerprint density at radius 2 is 2.00 bits per heavy atom. The molecule has 2 rings (SSSR count). The second-order valence-electron chi connectivity index (χ2n) is 4.40. The van der Waals surface area contributed by atoms with Crippen molar-refractivity contribution in [1.29, 1.82) is 0 Å². The summed E-state index contributed by atoms with van der Waals surface area (Å²) < 4.78 is 26.5. The van der Waals surface area contributed by atoms with Crippen LogP contribution in [0.1, 0.15) is 18.4 Å². The Morgan fingerprint density at radius 1 is 1.28 bits per heavy atom. The molecule has 1 fully saturated rings. The van der Waals surface area contributed by atoms with E-state index in [9.17, 15) is 13.2 Å². The van der Waals surface area contributed by atoms with Crippen LogP contribution in [0.5, 0.6) is 0 Å². The third-order valence-corrected chi connectivity index (χ3v) is 4.22. The second kappa shape index (κ2) is 5.49. The van der Waals surface area contributed by atoms with Gasteiger partial charge in [0.25, 0.3) is 0 Å². The van der Waals surface area contributed by atoms with Crippen molar-refractivity contribution in [3.05, 3.63) is 35.9 Å². The van der Waals surface area contributed by atoms with Gasteiger partial charge >= 0.3 is 0 Å². The first kappa shape index (κ1) is 13.0. The minimum absolute atomic E-state index is 0.0199. The highest BCUT2D eigenvalue weighted by Gasteiger charge is 2.22. The van der Waals surface area contributed by atoms with E-state index >= 15 is 0 Å². The van der Waals surface area contributed by atoms with Crippen molar-refractivity contribution in [1.82, 2.24) is 10.0 Å². The zero-order valence-corrected chi connectivity index (χ0v) is 10.7. The van der Waals surface area contributed by atoms with Crippen LogP contribution in [0.3, 0.4) is 0 Å². The Labute approximate surface area is 107 Å². The molecule has 1 aromatic carbocycles. The Hall–Kier alpha value is -1.40. The molecule has 0 aromatic heterocycles. The first-order valence-electron chi connectivity index (χ1n) is 5.86. The molecule has 6 heteroatoms. The van der Waals surface area contributed by atoms with E-state index in [-0.39, 0.29) is 17.7 Å². The maximum absolute atomic E-state index is 11.9. The van der Waals surface area contributed by atoms with Crippen LogP contribution in [0.4, 0.5) is 0 Å². The summed E-state index contributed by atoms with van der Waals surface area (Å²) in [5.41, 5.74) is 0.754. The van der Waals surface area contributed by atoms with Crippen LogP contribution in [0.25, 0.3) is 0 Å². The minimum Gasteiger partial charge on any atom is -0.355 e. The molecule has 0 saturated carbocycles. The van der Waals surface area contributed by atoms with Crippen LogP contribution < -0.4 is 10.0 Å². The summed E-state index contributed by atoms with van der Waals surface area (Å²) in [6, 6.07) is 8.83. The molecule has 98 valence electrons. The molecule has 1 aromatic rings. The number of hydrogen-bond donors (Lipinski definition) is 2. The average molecular weight is 268 g/mol. The molecule has 0 spiro atoms. The van der Waals surface area contributed by atoms with Crippen molar-refractivity contribution < 1.29 is 13.2 Å². The predicted molar refractivity (Wildman–Crippen MR) is 68.2 cm³/mol. The van der Waals surface area contributed by atoms with Crippen LogP contribution in [0.15, 0.2) is 30.3 Å². The largest absolute Gasteiger partial charge is 0.355 e. The summed E-state index contributed by atoms with van der Waals surface area (Å²) in [4.78, 5) is 11.0. The maximum atomic E-state index is 11.9. The summed E-state index contributed by atoms with van der Waals surface area (Å²) in [6.45, 7) is 0.368. The molecule has 1 heterocycles. The number of sulfonamides is 1. The number of piperidine rings is 1. The van der Waals surface area contributed by atoms with Crippen molar-refractivity contribution in [2.75, 3.05) is 6.54 Å². The number of nitrogens with one attached hydrogen (secondary N) is 2. The molecule has 18 heavy (non-hydrogen) atoms. The molecule has 0 aliphatic carbocycles. The summed E-state index contributed by atoms with van der Waals surface area (Å²) >= 11 is 0. The second-order valence-corrected chi connectivity index (χ2v) is 6.16. The van der Waals surface area contributed by atoms with E-state index in [4.69, 9.17) is 0 Å². The van der Waals surface area contributed by atoms with E-state index in [0.29, 0.717) is 19.4 Å². The van der Waals surface area contributed by atoms with E-state index < -0.39 is 10.0 Å². The van der Waals surface area contributed by atoms with Crippen molar-refractivity contribution in [2.45, 2.75) is 24.6 Å². The van der Waals surface area contributed by atoms with Crippen LogP contribution in [-0.4, -0.2) is 26.9 Å². The zero-order valence-electron chi connectivity index (χ0n) is 9.93. The van der Waals surface area contributed by atoms with Gasteiger partial charge < -0.3 is 5.32 Å². The van der Waals surface area contributed by atoms with Gasteiger partial charge in [-0.3, -0.25) is 4.79 Å². The van der Waals surface area contributed by atoms with Crippen molar-refractivity contribution >= 4 is 15.9 Å². The number of benzene rings is 1. The van der Waals surface area contributed by atoms with Gasteiger partial charge in [0.15, 0.2) is 0 Å². The van der Waals surface area contributed by atoms with Gasteiger partial charge in [-0.15, -0.1) is 0 Å². The molecule has 1 aliphatic heterocycles. The first-order valence-corrected chi connectivity index (χ1v) is 7.51. The molecule has 5 nitrogen and oxygen atoms in total. The number of carbonyl (C=O) groups excluding carboxylic acids is 1. The lowest BCUT2D eigenvalue weighted by Gasteiger charge is -2.23. The molecule has 1 saturated heterocycles. The van der Waals surface area contributed by atoms with E-state index in [1.54, 1.807) is 12.1 Å². The SMILES string of the molecule is O=C1CCC(NS(=O)(=O)Cc2ccccc2)CN1. The summed E-state index contributed by atoms with van der Waals surface area (Å²) in [6.07, 6.45) is 0.929.